The van der Waals surface area contributed by atoms with E-state index in [4.69, 9.17) is 0 Å². The maximum Gasteiger partial charge on any atom is 0.116 e. The van der Waals surface area contributed by atoms with E-state index in [0.717, 1.165) is 5.75 Å². The van der Waals surface area contributed by atoms with Gasteiger partial charge in [-0.3, -0.25) is 0 Å². The van der Waals surface area contributed by atoms with Gasteiger partial charge in [0.25, 0.3) is 0 Å². The molecule has 1 aliphatic rings. The van der Waals surface area contributed by atoms with Crippen LogP contribution in [0.2, 0.25) is 0 Å². The largest absolute Gasteiger partial charge is 0.508 e. The van der Waals surface area contributed by atoms with Gasteiger partial charge in [0.1, 0.15) is 11.5 Å². The Morgan fingerprint density at radius 3 is 2.33 bits per heavy atom. The molecule has 0 amide bonds. The molecule has 1 heterocycles. The summed E-state index contributed by atoms with van der Waals surface area (Å²) in [6.45, 7) is 4.62. The van der Waals surface area contributed by atoms with Crippen LogP contribution in [0.3, 0.4) is 0 Å². The van der Waals surface area contributed by atoms with Crippen LogP contribution in [0.5, 0.6) is 11.5 Å². The monoisotopic (exact) mass is 384 g/mol. The zero-order chi connectivity index (χ0) is 19.3. The fourth-order valence-corrected chi connectivity index (χ4v) is 5.74. The van der Waals surface area contributed by atoms with Gasteiger partial charge in [0.15, 0.2) is 0 Å². The van der Waals surface area contributed by atoms with E-state index < -0.39 is 0 Å². The molecule has 2 N–H and O–H groups in total. The second-order valence-electron chi connectivity index (χ2n) is 8.08. The Hall–Kier alpha value is -1.61. The summed E-state index contributed by atoms with van der Waals surface area (Å²) in [6.07, 6.45) is 9.00. The summed E-state index contributed by atoms with van der Waals surface area (Å²) in [5, 5.41) is 19.6. The van der Waals surface area contributed by atoms with Crippen molar-refractivity contribution in [3.8, 4) is 11.5 Å². The van der Waals surface area contributed by atoms with Crippen LogP contribution >= 0.6 is 11.8 Å². The Morgan fingerprint density at radius 2 is 1.59 bits per heavy atom. The van der Waals surface area contributed by atoms with Gasteiger partial charge >= 0.3 is 0 Å². The van der Waals surface area contributed by atoms with E-state index in [2.05, 4.69) is 32.0 Å². The van der Waals surface area contributed by atoms with Gasteiger partial charge in [0.05, 0.1) is 0 Å². The standard InChI is InChI=1S/C24H32O2S/c1-3-4-5-6-7-8-9-22-21-15-14-20(26)16-23(21)27-17-24(22,2)18-10-12-19(25)13-11-18/h10-16,22,25-26H,3-9,17H2,1-2H3/t22-,24?/m1/s1. The van der Waals surface area contributed by atoms with Gasteiger partial charge in [0, 0.05) is 16.1 Å². The van der Waals surface area contributed by atoms with Crippen LogP contribution in [0.4, 0.5) is 0 Å². The lowest BCUT2D eigenvalue weighted by molar-refractivity contribution is 0.371. The Bertz CT molecular complexity index is 741. The first-order chi connectivity index (χ1) is 13.0. The third kappa shape index (κ3) is 4.63. The molecule has 3 rings (SSSR count). The van der Waals surface area contributed by atoms with Crippen LogP contribution in [0.1, 0.15) is 75.8 Å². The first-order valence-electron chi connectivity index (χ1n) is 10.3. The van der Waals surface area contributed by atoms with E-state index in [1.165, 1.54) is 61.0 Å². The summed E-state index contributed by atoms with van der Waals surface area (Å²) >= 11 is 1.84. The molecule has 2 nitrogen and oxygen atoms in total. The molecule has 1 aliphatic heterocycles. The molecular formula is C24H32O2S. The predicted molar refractivity (Wildman–Crippen MR) is 115 cm³/mol. The number of hydrogen-bond donors (Lipinski definition) is 2. The van der Waals surface area contributed by atoms with Crippen molar-refractivity contribution in [2.45, 2.75) is 75.0 Å². The van der Waals surface area contributed by atoms with Crippen LogP contribution in [0, 0.1) is 0 Å². The Morgan fingerprint density at radius 1 is 0.926 bits per heavy atom. The van der Waals surface area contributed by atoms with Gasteiger partial charge in [-0.25, -0.2) is 0 Å². The summed E-state index contributed by atoms with van der Waals surface area (Å²) in [7, 11) is 0. The summed E-state index contributed by atoms with van der Waals surface area (Å²) in [6, 6.07) is 13.6. The third-order valence-electron chi connectivity index (χ3n) is 6.04. The number of unbranched alkanes of at least 4 members (excludes halogenated alkanes) is 5. The number of thioether (sulfide) groups is 1. The van der Waals surface area contributed by atoms with Gasteiger partial charge < -0.3 is 10.2 Å². The fourth-order valence-electron chi connectivity index (χ4n) is 4.34. The van der Waals surface area contributed by atoms with Gasteiger partial charge in [0.2, 0.25) is 0 Å². The number of hydrogen-bond acceptors (Lipinski definition) is 3. The highest BCUT2D eigenvalue weighted by atomic mass is 32.2. The Kier molecular flexibility index (Phi) is 6.75. The highest BCUT2D eigenvalue weighted by Crippen LogP contribution is 2.52. The Balaban J connectivity index is 1.83. The smallest absolute Gasteiger partial charge is 0.116 e. The van der Waals surface area contributed by atoms with Crippen molar-refractivity contribution in [3.05, 3.63) is 53.6 Å². The van der Waals surface area contributed by atoms with Crippen molar-refractivity contribution < 1.29 is 10.2 Å². The van der Waals surface area contributed by atoms with Gasteiger partial charge in [-0.2, -0.15) is 0 Å². The van der Waals surface area contributed by atoms with Crippen molar-refractivity contribution in [1.29, 1.82) is 0 Å². The van der Waals surface area contributed by atoms with Crippen molar-refractivity contribution in [2.24, 2.45) is 0 Å². The van der Waals surface area contributed by atoms with E-state index >= 15 is 0 Å². The number of fused-ring (bicyclic) bond motifs is 1. The molecule has 0 aliphatic carbocycles. The summed E-state index contributed by atoms with van der Waals surface area (Å²) < 4.78 is 0. The number of benzene rings is 2. The van der Waals surface area contributed by atoms with E-state index in [-0.39, 0.29) is 5.41 Å². The van der Waals surface area contributed by atoms with Crippen molar-refractivity contribution in [1.82, 2.24) is 0 Å². The van der Waals surface area contributed by atoms with Gasteiger partial charge in [-0.15, -0.1) is 11.8 Å². The summed E-state index contributed by atoms with van der Waals surface area (Å²) in [5.41, 5.74) is 2.70. The van der Waals surface area contributed by atoms with E-state index in [0.29, 0.717) is 17.4 Å². The number of phenols is 2. The topological polar surface area (TPSA) is 40.5 Å². The van der Waals surface area contributed by atoms with Gasteiger partial charge in [-0.1, -0.05) is 70.6 Å². The van der Waals surface area contributed by atoms with Gasteiger partial charge in [-0.05, 0) is 47.7 Å². The zero-order valence-corrected chi connectivity index (χ0v) is 17.4. The molecule has 0 aromatic heterocycles. The maximum absolute atomic E-state index is 9.91. The predicted octanol–water partition coefficient (Wildman–Crippen LogP) is 7.00. The average molecular weight is 385 g/mol. The summed E-state index contributed by atoms with van der Waals surface area (Å²) in [5.74, 6) is 2.11. The molecule has 0 fully saturated rings. The number of aromatic hydroxyl groups is 2. The minimum absolute atomic E-state index is 0.0335. The lowest BCUT2D eigenvalue weighted by atomic mass is 9.68. The van der Waals surface area contributed by atoms with E-state index in [9.17, 15) is 10.2 Å². The first kappa shape index (κ1) is 20.1. The normalized spacial score (nSPS) is 21.8. The number of phenolic OH excluding ortho intramolecular Hbond substituents is 2. The SMILES string of the molecule is CCCCCCCC[C@@H]1c2ccc(O)cc2SCC1(C)c1ccc(O)cc1. The molecular weight excluding hydrogens is 352 g/mol. The van der Waals surface area contributed by atoms with Crippen molar-refractivity contribution in [3.63, 3.8) is 0 Å². The van der Waals surface area contributed by atoms with E-state index in [1.54, 1.807) is 12.1 Å². The molecule has 0 bridgehead atoms. The third-order valence-corrected chi connectivity index (χ3v) is 7.45. The second kappa shape index (κ2) is 9.05. The molecule has 0 saturated heterocycles. The highest BCUT2D eigenvalue weighted by molar-refractivity contribution is 7.99. The first-order valence-corrected chi connectivity index (χ1v) is 11.3. The lowest BCUT2D eigenvalue weighted by Crippen LogP contribution is -2.36. The van der Waals surface area contributed by atoms with E-state index in [1.807, 2.05) is 23.9 Å². The van der Waals surface area contributed by atoms with Crippen LogP contribution in [-0.4, -0.2) is 16.0 Å². The van der Waals surface area contributed by atoms with Crippen LogP contribution in [0.25, 0.3) is 0 Å². The van der Waals surface area contributed by atoms with Crippen LogP contribution in [0.15, 0.2) is 47.4 Å². The minimum Gasteiger partial charge on any atom is -0.508 e. The molecule has 1 unspecified atom stereocenters. The Labute approximate surface area is 168 Å². The van der Waals surface area contributed by atoms with Crippen molar-refractivity contribution >= 4 is 11.8 Å². The van der Waals surface area contributed by atoms with Crippen LogP contribution < -0.4 is 0 Å². The lowest BCUT2D eigenvalue weighted by Gasteiger charge is -2.43. The molecule has 2 aromatic rings. The zero-order valence-electron chi connectivity index (χ0n) is 16.6. The molecule has 146 valence electrons. The highest BCUT2D eigenvalue weighted by Gasteiger charge is 2.41. The molecule has 0 spiro atoms. The molecule has 0 saturated carbocycles. The number of rotatable bonds is 8. The minimum atomic E-state index is 0.0335. The van der Waals surface area contributed by atoms with Crippen LogP contribution in [-0.2, 0) is 5.41 Å². The average Bonchev–Trinajstić information content (AvgIpc) is 2.66. The molecule has 27 heavy (non-hydrogen) atoms. The summed E-state index contributed by atoms with van der Waals surface area (Å²) in [4.78, 5) is 1.22. The van der Waals surface area contributed by atoms with Crippen molar-refractivity contribution in [2.75, 3.05) is 5.75 Å². The quantitative estimate of drug-likeness (QED) is 0.482. The maximum atomic E-state index is 9.91. The molecule has 3 heteroatoms. The second-order valence-corrected chi connectivity index (χ2v) is 9.10. The molecule has 2 aromatic carbocycles. The molecule has 0 radical (unpaired) electrons. The fraction of sp³-hybridized carbons (Fsp3) is 0.500. The molecule has 2 atom stereocenters.